The van der Waals surface area contributed by atoms with Crippen molar-refractivity contribution in [3.63, 3.8) is 0 Å². The first kappa shape index (κ1) is 17.7. The number of benzene rings is 3. The molecule has 0 N–H and O–H groups in total. The molecule has 1 nitrogen and oxygen atoms in total. The maximum atomic E-state index is 14.3. The van der Waals surface area contributed by atoms with Crippen LogP contribution in [0.15, 0.2) is 72.8 Å². The van der Waals surface area contributed by atoms with Gasteiger partial charge in [-0.2, -0.15) is 0 Å². The summed E-state index contributed by atoms with van der Waals surface area (Å²) in [4.78, 5) is 0. The van der Waals surface area contributed by atoms with E-state index in [0.717, 1.165) is 27.6 Å². The normalized spacial score (nSPS) is 13.6. The first-order valence-corrected chi connectivity index (χ1v) is 10.9. The summed E-state index contributed by atoms with van der Waals surface area (Å²) in [6.45, 7) is 8.20. The van der Waals surface area contributed by atoms with E-state index in [0.29, 0.717) is 0 Å². The molecule has 0 saturated heterocycles. The maximum Gasteiger partial charge on any atom is 0.124 e. The van der Waals surface area contributed by atoms with Crippen molar-refractivity contribution in [1.29, 1.82) is 0 Å². The largest absolute Gasteiger partial charge is 0.318 e. The average Bonchev–Trinajstić information content (AvgIpc) is 2.55. The zero-order chi connectivity index (χ0) is 18.0. The molecule has 0 radical (unpaired) electrons. The zero-order valence-corrected chi connectivity index (χ0v) is 16.3. The maximum absolute atomic E-state index is 14.3. The summed E-state index contributed by atoms with van der Waals surface area (Å²) < 4.78 is 14.3. The fourth-order valence-corrected chi connectivity index (χ4v) is 7.30. The molecule has 0 aliphatic rings. The van der Waals surface area contributed by atoms with Crippen LogP contribution in [-0.4, -0.2) is 6.66 Å². The van der Waals surface area contributed by atoms with Gasteiger partial charge in [-0.25, -0.2) is 0 Å². The van der Waals surface area contributed by atoms with Gasteiger partial charge in [-0.3, -0.25) is 0 Å². The van der Waals surface area contributed by atoms with Gasteiger partial charge in [-0.1, -0.05) is 78.4 Å². The van der Waals surface area contributed by atoms with Gasteiger partial charge >= 0.3 is 0 Å². The summed E-state index contributed by atoms with van der Waals surface area (Å²) in [5.74, 6) is 0. The molecule has 2 heteroatoms. The Kier molecular flexibility index (Phi) is 4.97. The summed E-state index contributed by atoms with van der Waals surface area (Å²) in [6.07, 6.45) is 0. The third-order valence-corrected chi connectivity index (χ3v) is 7.98. The molecule has 25 heavy (non-hydrogen) atoms. The Hall–Kier alpha value is -2.11. The molecular weight excluding hydrogens is 323 g/mol. The molecule has 3 aromatic carbocycles. The van der Waals surface area contributed by atoms with Gasteiger partial charge in [-0.05, 0) is 49.7 Å². The van der Waals surface area contributed by atoms with Crippen molar-refractivity contribution in [2.24, 2.45) is 0 Å². The first-order valence-electron chi connectivity index (χ1n) is 8.67. The summed E-state index contributed by atoms with van der Waals surface area (Å²) >= 11 is 0. The Morgan fingerprint density at radius 2 is 1.12 bits per heavy atom. The predicted molar refractivity (Wildman–Crippen MR) is 109 cm³/mol. The smallest absolute Gasteiger partial charge is 0.124 e. The van der Waals surface area contributed by atoms with E-state index in [1.165, 1.54) is 5.56 Å². The van der Waals surface area contributed by atoms with Gasteiger partial charge < -0.3 is 4.57 Å². The van der Waals surface area contributed by atoms with Gasteiger partial charge in [0.05, 0.1) is 5.66 Å². The highest BCUT2D eigenvalue weighted by molar-refractivity contribution is 7.71. The molecule has 1 unspecified atom stereocenters. The standard InChI is InChI=1S/C23H25OP/c1-17-15-18(2)22(19(3)16-17)25(4,24)23(20-11-7-5-8-12-20)21-13-9-6-10-14-21/h5-16,23H,1-4H3. The fourth-order valence-electron chi connectivity index (χ4n) is 4.03. The molecule has 0 amide bonds. The van der Waals surface area contributed by atoms with E-state index in [2.05, 4.69) is 57.2 Å². The van der Waals surface area contributed by atoms with Crippen LogP contribution in [0.2, 0.25) is 0 Å². The lowest BCUT2D eigenvalue weighted by molar-refractivity contribution is 0.580. The minimum atomic E-state index is -2.69. The minimum absolute atomic E-state index is 0.130. The Balaban J connectivity index is 2.25. The van der Waals surface area contributed by atoms with Gasteiger partial charge in [0.1, 0.15) is 7.14 Å². The van der Waals surface area contributed by atoms with E-state index < -0.39 is 7.14 Å². The second-order valence-corrected chi connectivity index (χ2v) is 9.91. The van der Waals surface area contributed by atoms with Crippen LogP contribution in [0.1, 0.15) is 33.5 Å². The Bertz CT molecular complexity index is 851. The van der Waals surface area contributed by atoms with Crippen molar-refractivity contribution < 1.29 is 4.57 Å². The van der Waals surface area contributed by atoms with Crippen LogP contribution in [-0.2, 0) is 4.57 Å². The monoisotopic (exact) mass is 348 g/mol. The Morgan fingerprint density at radius 1 is 0.720 bits per heavy atom. The molecule has 0 heterocycles. The molecule has 0 spiro atoms. The van der Waals surface area contributed by atoms with Crippen LogP contribution < -0.4 is 5.30 Å². The van der Waals surface area contributed by atoms with Crippen LogP contribution >= 0.6 is 7.14 Å². The highest BCUT2D eigenvalue weighted by Crippen LogP contribution is 2.59. The van der Waals surface area contributed by atoms with Gasteiger partial charge in [-0.15, -0.1) is 0 Å². The van der Waals surface area contributed by atoms with Crippen molar-refractivity contribution in [3.05, 3.63) is 101 Å². The summed E-state index contributed by atoms with van der Waals surface area (Å²) in [5, 5.41) is 1.02. The Morgan fingerprint density at radius 3 is 1.52 bits per heavy atom. The highest BCUT2D eigenvalue weighted by atomic mass is 31.2. The van der Waals surface area contributed by atoms with E-state index in [4.69, 9.17) is 0 Å². The van der Waals surface area contributed by atoms with Crippen LogP contribution in [0.3, 0.4) is 0 Å². The molecule has 3 aromatic rings. The van der Waals surface area contributed by atoms with Gasteiger partial charge in [0.2, 0.25) is 0 Å². The molecule has 0 saturated carbocycles. The lowest BCUT2D eigenvalue weighted by Crippen LogP contribution is -2.18. The zero-order valence-electron chi connectivity index (χ0n) is 15.4. The Labute approximate surface area is 151 Å². The molecule has 1 atom stereocenters. The minimum Gasteiger partial charge on any atom is -0.318 e. The highest BCUT2D eigenvalue weighted by Gasteiger charge is 2.34. The van der Waals surface area contributed by atoms with E-state index in [9.17, 15) is 4.57 Å². The summed E-state index contributed by atoms with van der Waals surface area (Å²) in [7, 11) is -2.69. The second kappa shape index (κ2) is 7.02. The van der Waals surface area contributed by atoms with Crippen molar-refractivity contribution in [1.82, 2.24) is 0 Å². The van der Waals surface area contributed by atoms with E-state index in [-0.39, 0.29) is 5.66 Å². The van der Waals surface area contributed by atoms with Crippen molar-refractivity contribution >= 4 is 12.4 Å². The van der Waals surface area contributed by atoms with E-state index in [1.54, 1.807) is 0 Å². The molecule has 0 aliphatic heterocycles. The molecule has 128 valence electrons. The van der Waals surface area contributed by atoms with E-state index in [1.807, 2.05) is 43.1 Å². The van der Waals surface area contributed by atoms with Crippen LogP contribution in [0, 0.1) is 20.8 Å². The first-order chi connectivity index (χ1) is 11.9. The molecule has 0 aliphatic carbocycles. The van der Waals surface area contributed by atoms with Crippen LogP contribution in [0.5, 0.6) is 0 Å². The van der Waals surface area contributed by atoms with Gasteiger partial charge in [0.25, 0.3) is 0 Å². The van der Waals surface area contributed by atoms with Gasteiger partial charge in [0, 0.05) is 5.30 Å². The molecule has 3 rings (SSSR count). The van der Waals surface area contributed by atoms with Crippen molar-refractivity contribution in [3.8, 4) is 0 Å². The second-order valence-electron chi connectivity index (χ2n) is 6.96. The predicted octanol–water partition coefficient (Wildman–Crippen LogP) is 6.02. The molecule has 0 aromatic heterocycles. The van der Waals surface area contributed by atoms with E-state index >= 15 is 0 Å². The fraction of sp³-hybridized carbons (Fsp3) is 0.217. The molecule has 0 fully saturated rings. The summed E-state index contributed by atoms with van der Waals surface area (Å²) in [6, 6.07) is 24.8. The number of aryl methyl sites for hydroxylation is 3. The third kappa shape index (κ3) is 3.48. The van der Waals surface area contributed by atoms with Crippen LogP contribution in [0.4, 0.5) is 0 Å². The van der Waals surface area contributed by atoms with Crippen molar-refractivity contribution in [2.45, 2.75) is 26.4 Å². The van der Waals surface area contributed by atoms with Crippen LogP contribution in [0.25, 0.3) is 0 Å². The summed E-state index contributed by atoms with van der Waals surface area (Å²) in [5.41, 5.74) is 5.56. The topological polar surface area (TPSA) is 17.1 Å². The SMILES string of the molecule is Cc1cc(C)c(P(C)(=O)C(c2ccccc2)c2ccccc2)c(C)c1. The van der Waals surface area contributed by atoms with Crippen molar-refractivity contribution in [2.75, 3.05) is 6.66 Å². The lowest BCUT2D eigenvalue weighted by Gasteiger charge is -2.29. The quantitative estimate of drug-likeness (QED) is 0.527. The number of rotatable bonds is 4. The van der Waals surface area contributed by atoms with Gasteiger partial charge in [0.15, 0.2) is 0 Å². The average molecular weight is 348 g/mol. The lowest BCUT2D eigenvalue weighted by atomic mass is 10.0. The molecular formula is C23H25OP. The number of hydrogen-bond donors (Lipinski definition) is 0. The number of hydrogen-bond acceptors (Lipinski definition) is 1. The molecule has 0 bridgehead atoms. The third-order valence-electron chi connectivity index (χ3n) is 4.80.